The van der Waals surface area contributed by atoms with Gasteiger partial charge in [0.25, 0.3) is 0 Å². The number of aldehydes is 1. The highest BCUT2D eigenvalue weighted by molar-refractivity contribution is 5.88. The Labute approximate surface area is 98.3 Å². The molecule has 1 aromatic carbocycles. The van der Waals surface area contributed by atoms with Crippen molar-refractivity contribution in [2.75, 3.05) is 0 Å². The SMILES string of the molecule is Cn1c(C=O)cc2oc(-c3ccccc3)cc21. The fourth-order valence-corrected chi connectivity index (χ4v) is 1.99. The van der Waals surface area contributed by atoms with Gasteiger partial charge in [0, 0.05) is 24.7 Å². The summed E-state index contributed by atoms with van der Waals surface area (Å²) in [6.07, 6.45) is 0.831. The quantitative estimate of drug-likeness (QED) is 0.627. The third kappa shape index (κ3) is 1.47. The molecule has 0 spiro atoms. The van der Waals surface area contributed by atoms with Crippen molar-refractivity contribution in [3.05, 3.63) is 48.2 Å². The Morgan fingerprint density at radius 3 is 2.59 bits per heavy atom. The zero-order valence-corrected chi connectivity index (χ0v) is 9.38. The van der Waals surface area contributed by atoms with Crippen LogP contribution in [0.15, 0.2) is 46.9 Å². The largest absolute Gasteiger partial charge is 0.454 e. The Morgan fingerprint density at radius 2 is 1.94 bits per heavy atom. The smallest absolute Gasteiger partial charge is 0.166 e. The summed E-state index contributed by atoms with van der Waals surface area (Å²) >= 11 is 0. The highest BCUT2D eigenvalue weighted by atomic mass is 16.3. The maximum Gasteiger partial charge on any atom is 0.166 e. The molecule has 0 N–H and O–H groups in total. The Kier molecular flexibility index (Phi) is 2.11. The van der Waals surface area contributed by atoms with Gasteiger partial charge in [0.2, 0.25) is 0 Å². The molecule has 0 unspecified atom stereocenters. The van der Waals surface area contributed by atoms with Gasteiger partial charge >= 0.3 is 0 Å². The Balaban J connectivity index is 2.19. The predicted octanol–water partition coefficient (Wildman–Crippen LogP) is 3.25. The second kappa shape index (κ2) is 3.63. The molecule has 3 nitrogen and oxygen atoms in total. The lowest BCUT2D eigenvalue weighted by atomic mass is 10.2. The second-order valence-electron chi connectivity index (χ2n) is 3.97. The zero-order chi connectivity index (χ0) is 11.8. The van der Waals surface area contributed by atoms with Crippen molar-refractivity contribution in [1.82, 2.24) is 4.57 Å². The van der Waals surface area contributed by atoms with E-state index in [0.29, 0.717) is 5.69 Å². The molecular weight excluding hydrogens is 214 g/mol. The first-order chi connectivity index (χ1) is 8.29. The monoisotopic (exact) mass is 225 g/mol. The van der Waals surface area contributed by atoms with Crippen molar-refractivity contribution in [1.29, 1.82) is 0 Å². The van der Waals surface area contributed by atoms with E-state index in [4.69, 9.17) is 4.42 Å². The highest BCUT2D eigenvalue weighted by Crippen LogP contribution is 2.29. The third-order valence-corrected chi connectivity index (χ3v) is 2.95. The van der Waals surface area contributed by atoms with E-state index in [9.17, 15) is 4.79 Å². The van der Waals surface area contributed by atoms with Crippen LogP contribution in [-0.2, 0) is 7.05 Å². The molecule has 0 fully saturated rings. The maximum absolute atomic E-state index is 10.8. The molecule has 84 valence electrons. The summed E-state index contributed by atoms with van der Waals surface area (Å²) in [6.45, 7) is 0. The number of furan rings is 1. The van der Waals surface area contributed by atoms with Crippen LogP contribution in [0.1, 0.15) is 10.5 Å². The van der Waals surface area contributed by atoms with E-state index >= 15 is 0 Å². The Morgan fingerprint density at radius 1 is 1.18 bits per heavy atom. The summed E-state index contributed by atoms with van der Waals surface area (Å²) < 4.78 is 7.57. The van der Waals surface area contributed by atoms with Gasteiger partial charge in [-0.05, 0) is 0 Å². The molecule has 0 aliphatic carbocycles. The van der Waals surface area contributed by atoms with Crippen molar-refractivity contribution in [2.45, 2.75) is 0 Å². The molecule has 0 bridgehead atoms. The molecule has 0 aliphatic rings. The number of rotatable bonds is 2. The van der Waals surface area contributed by atoms with Crippen LogP contribution in [0, 0.1) is 0 Å². The summed E-state index contributed by atoms with van der Waals surface area (Å²) in [5.41, 5.74) is 3.34. The first kappa shape index (κ1) is 9.90. The lowest BCUT2D eigenvalue weighted by Crippen LogP contribution is -1.92. The molecule has 0 aliphatic heterocycles. The molecule has 3 heteroatoms. The van der Waals surface area contributed by atoms with Gasteiger partial charge in [-0.3, -0.25) is 4.79 Å². The van der Waals surface area contributed by atoms with Crippen LogP contribution >= 0.6 is 0 Å². The van der Waals surface area contributed by atoms with E-state index < -0.39 is 0 Å². The normalized spacial score (nSPS) is 10.9. The molecular formula is C14H11NO2. The number of fused-ring (bicyclic) bond motifs is 1. The van der Waals surface area contributed by atoms with Crippen molar-refractivity contribution in [3.8, 4) is 11.3 Å². The standard InChI is InChI=1S/C14H11NO2/c1-15-11(9-16)7-14-12(15)8-13(17-14)10-5-3-2-4-6-10/h2-9H,1H3. The molecule has 0 amide bonds. The molecule has 0 radical (unpaired) electrons. The van der Waals surface area contributed by atoms with Gasteiger partial charge in [-0.2, -0.15) is 0 Å². The van der Waals surface area contributed by atoms with E-state index in [1.54, 1.807) is 6.07 Å². The molecule has 17 heavy (non-hydrogen) atoms. The second-order valence-corrected chi connectivity index (χ2v) is 3.97. The topological polar surface area (TPSA) is 35.1 Å². The van der Waals surface area contributed by atoms with Crippen LogP contribution in [0.25, 0.3) is 22.4 Å². The summed E-state index contributed by atoms with van der Waals surface area (Å²) in [5.74, 6) is 0.823. The number of carbonyl (C=O) groups excluding carboxylic acids is 1. The number of nitrogens with zero attached hydrogens (tertiary/aromatic N) is 1. The minimum atomic E-state index is 0.623. The number of hydrogen-bond acceptors (Lipinski definition) is 2. The van der Waals surface area contributed by atoms with Crippen molar-refractivity contribution in [3.63, 3.8) is 0 Å². The lowest BCUT2D eigenvalue weighted by molar-refractivity contribution is 0.111. The molecule has 2 aromatic heterocycles. The van der Waals surface area contributed by atoms with Gasteiger partial charge in [-0.1, -0.05) is 30.3 Å². The molecule has 0 saturated carbocycles. The average Bonchev–Trinajstić information content (AvgIpc) is 2.90. The summed E-state index contributed by atoms with van der Waals surface area (Å²) in [4.78, 5) is 10.8. The lowest BCUT2D eigenvalue weighted by Gasteiger charge is -1.95. The van der Waals surface area contributed by atoms with Crippen LogP contribution in [0.4, 0.5) is 0 Å². The molecule has 3 aromatic rings. The van der Waals surface area contributed by atoms with E-state index in [0.717, 1.165) is 28.7 Å². The minimum Gasteiger partial charge on any atom is -0.454 e. The number of benzene rings is 1. The van der Waals surface area contributed by atoms with Crippen LogP contribution in [0.3, 0.4) is 0 Å². The summed E-state index contributed by atoms with van der Waals surface area (Å²) in [7, 11) is 1.86. The first-order valence-electron chi connectivity index (χ1n) is 5.39. The molecule has 0 saturated heterocycles. The van der Waals surface area contributed by atoms with Crippen molar-refractivity contribution in [2.24, 2.45) is 7.05 Å². The van der Waals surface area contributed by atoms with Crippen LogP contribution in [-0.4, -0.2) is 10.9 Å². The number of carbonyl (C=O) groups is 1. The van der Waals surface area contributed by atoms with Crippen LogP contribution in [0.5, 0.6) is 0 Å². The van der Waals surface area contributed by atoms with Gasteiger partial charge in [0.05, 0.1) is 11.2 Å². The first-order valence-corrected chi connectivity index (χ1v) is 5.39. The van der Waals surface area contributed by atoms with E-state index in [1.807, 2.05) is 48.0 Å². The van der Waals surface area contributed by atoms with Crippen LogP contribution in [0.2, 0.25) is 0 Å². The van der Waals surface area contributed by atoms with Crippen molar-refractivity contribution < 1.29 is 9.21 Å². The van der Waals surface area contributed by atoms with Crippen molar-refractivity contribution >= 4 is 17.4 Å². The number of aryl methyl sites for hydroxylation is 1. The molecule has 2 heterocycles. The van der Waals surface area contributed by atoms with Gasteiger partial charge in [0.1, 0.15) is 5.76 Å². The Bertz CT molecular complexity index is 677. The molecule has 3 rings (SSSR count). The highest BCUT2D eigenvalue weighted by Gasteiger charge is 2.11. The van der Waals surface area contributed by atoms with Crippen LogP contribution < -0.4 is 0 Å². The third-order valence-electron chi connectivity index (χ3n) is 2.95. The molecule has 0 atom stereocenters. The average molecular weight is 225 g/mol. The summed E-state index contributed by atoms with van der Waals surface area (Å²) in [6, 6.07) is 13.6. The van der Waals surface area contributed by atoms with Gasteiger partial charge in [-0.25, -0.2) is 0 Å². The van der Waals surface area contributed by atoms with E-state index in [-0.39, 0.29) is 0 Å². The van der Waals surface area contributed by atoms with E-state index in [1.165, 1.54) is 0 Å². The zero-order valence-electron chi connectivity index (χ0n) is 9.38. The van der Waals surface area contributed by atoms with Gasteiger partial charge in [0.15, 0.2) is 11.9 Å². The maximum atomic E-state index is 10.8. The number of hydrogen-bond donors (Lipinski definition) is 0. The fourth-order valence-electron chi connectivity index (χ4n) is 1.99. The summed E-state index contributed by atoms with van der Waals surface area (Å²) in [5, 5.41) is 0. The predicted molar refractivity (Wildman–Crippen MR) is 66.0 cm³/mol. The number of aromatic nitrogens is 1. The fraction of sp³-hybridized carbons (Fsp3) is 0.0714. The van der Waals surface area contributed by atoms with Gasteiger partial charge in [-0.15, -0.1) is 0 Å². The van der Waals surface area contributed by atoms with E-state index in [2.05, 4.69) is 0 Å². The minimum absolute atomic E-state index is 0.623. The van der Waals surface area contributed by atoms with Gasteiger partial charge < -0.3 is 8.98 Å². The Hall–Kier alpha value is -2.29.